The van der Waals surface area contributed by atoms with E-state index < -0.39 is 0 Å². The zero-order valence-corrected chi connectivity index (χ0v) is 8.19. The Balaban J connectivity index is 2.43. The molecule has 3 heteroatoms. The summed E-state index contributed by atoms with van der Waals surface area (Å²) in [5, 5.41) is 8.31. The van der Waals surface area contributed by atoms with E-state index in [9.17, 15) is 0 Å². The van der Waals surface area contributed by atoms with Gasteiger partial charge >= 0.3 is 0 Å². The van der Waals surface area contributed by atoms with Crippen molar-refractivity contribution < 1.29 is 9.47 Å². The van der Waals surface area contributed by atoms with Crippen LogP contribution in [0.15, 0.2) is 24.3 Å². The largest absolute Gasteiger partial charge is 0.494 e. The molecule has 0 aromatic heterocycles. The highest BCUT2D eigenvalue weighted by Gasteiger charge is 1.94. The van der Waals surface area contributed by atoms with Crippen LogP contribution < -0.4 is 9.47 Å². The van der Waals surface area contributed by atoms with Crippen LogP contribution in [0.25, 0.3) is 0 Å². The molecule has 0 N–H and O–H groups in total. The summed E-state index contributed by atoms with van der Waals surface area (Å²) in [5.74, 6) is 1.60. The van der Waals surface area contributed by atoms with Crippen molar-refractivity contribution in [3.8, 4) is 17.6 Å². The van der Waals surface area contributed by atoms with E-state index >= 15 is 0 Å². The maximum Gasteiger partial charge on any atom is 0.119 e. The Kier molecular flexibility index (Phi) is 4.36. The molecular weight excluding hydrogens is 178 g/mol. The lowest BCUT2D eigenvalue weighted by atomic mass is 10.3. The van der Waals surface area contributed by atoms with Crippen molar-refractivity contribution in [3.63, 3.8) is 0 Å². The highest BCUT2D eigenvalue weighted by atomic mass is 16.5. The van der Waals surface area contributed by atoms with Crippen LogP contribution in [0.2, 0.25) is 0 Å². The third-order valence-electron chi connectivity index (χ3n) is 1.62. The molecule has 0 saturated carbocycles. The second kappa shape index (κ2) is 5.87. The molecule has 1 aromatic rings. The normalized spacial score (nSPS) is 9.14. The van der Waals surface area contributed by atoms with Gasteiger partial charge in [-0.25, -0.2) is 0 Å². The van der Waals surface area contributed by atoms with Gasteiger partial charge < -0.3 is 9.47 Å². The molecule has 1 rings (SSSR count). The molecule has 0 amide bonds. The molecule has 0 fully saturated rings. The van der Waals surface area contributed by atoms with Crippen molar-refractivity contribution in [3.05, 3.63) is 24.3 Å². The molecule has 0 bridgehead atoms. The number of nitrogens with zero attached hydrogens (tertiary/aromatic N) is 1. The fourth-order valence-corrected chi connectivity index (χ4v) is 1.01. The molecule has 74 valence electrons. The molecule has 0 radical (unpaired) electrons. The second-order valence-electron chi connectivity index (χ2n) is 2.66. The number of rotatable bonds is 5. The van der Waals surface area contributed by atoms with E-state index in [-0.39, 0.29) is 0 Å². The van der Waals surface area contributed by atoms with Crippen molar-refractivity contribution in [2.75, 3.05) is 13.2 Å². The van der Waals surface area contributed by atoms with Crippen molar-refractivity contribution >= 4 is 0 Å². The predicted octanol–water partition coefficient (Wildman–Crippen LogP) is 2.38. The number of ether oxygens (including phenoxy) is 2. The van der Waals surface area contributed by atoms with Gasteiger partial charge in [-0.15, -0.1) is 0 Å². The average Bonchev–Trinajstić information content (AvgIpc) is 2.21. The first-order chi connectivity index (χ1) is 6.86. The zero-order valence-electron chi connectivity index (χ0n) is 8.19. The summed E-state index contributed by atoms with van der Waals surface area (Å²) in [6.45, 7) is 3.04. The monoisotopic (exact) mass is 191 g/mol. The van der Waals surface area contributed by atoms with Gasteiger partial charge in [0.25, 0.3) is 0 Å². The van der Waals surface area contributed by atoms with Gasteiger partial charge in [-0.05, 0) is 31.2 Å². The van der Waals surface area contributed by atoms with Gasteiger partial charge in [-0.1, -0.05) is 0 Å². The van der Waals surface area contributed by atoms with E-state index in [0.29, 0.717) is 19.6 Å². The van der Waals surface area contributed by atoms with Gasteiger partial charge in [0, 0.05) is 0 Å². The average molecular weight is 191 g/mol. The first kappa shape index (κ1) is 10.4. The van der Waals surface area contributed by atoms with Crippen molar-refractivity contribution in [2.24, 2.45) is 0 Å². The summed E-state index contributed by atoms with van der Waals surface area (Å²) in [4.78, 5) is 0. The Morgan fingerprint density at radius 3 is 2.21 bits per heavy atom. The Morgan fingerprint density at radius 1 is 1.14 bits per heavy atom. The third kappa shape index (κ3) is 3.36. The minimum Gasteiger partial charge on any atom is -0.494 e. The molecule has 0 spiro atoms. The van der Waals surface area contributed by atoms with Crippen LogP contribution >= 0.6 is 0 Å². The molecule has 0 aliphatic heterocycles. The van der Waals surface area contributed by atoms with E-state index in [2.05, 4.69) is 0 Å². The van der Waals surface area contributed by atoms with E-state index in [4.69, 9.17) is 14.7 Å². The predicted molar refractivity (Wildman–Crippen MR) is 53.3 cm³/mol. The number of hydrogen-bond donors (Lipinski definition) is 0. The second-order valence-corrected chi connectivity index (χ2v) is 2.66. The fraction of sp³-hybridized carbons (Fsp3) is 0.364. The lowest BCUT2D eigenvalue weighted by Crippen LogP contribution is -1.96. The van der Waals surface area contributed by atoms with Crippen LogP contribution in [-0.4, -0.2) is 13.2 Å². The summed E-state index contributed by atoms with van der Waals surface area (Å²) in [5.41, 5.74) is 0. The summed E-state index contributed by atoms with van der Waals surface area (Å²) < 4.78 is 10.6. The van der Waals surface area contributed by atoms with E-state index in [1.54, 1.807) is 0 Å². The SMILES string of the molecule is CCOc1ccc(OCCC#N)cc1. The van der Waals surface area contributed by atoms with E-state index in [0.717, 1.165) is 11.5 Å². The first-order valence-corrected chi connectivity index (χ1v) is 4.59. The van der Waals surface area contributed by atoms with Crippen molar-refractivity contribution in [1.29, 1.82) is 5.26 Å². The zero-order chi connectivity index (χ0) is 10.2. The Hall–Kier alpha value is -1.69. The molecule has 0 aliphatic rings. The molecule has 0 atom stereocenters. The van der Waals surface area contributed by atoms with Crippen LogP contribution in [0.4, 0.5) is 0 Å². The van der Waals surface area contributed by atoms with Crippen LogP contribution in [0, 0.1) is 11.3 Å². The van der Waals surface area contributed by atoms with Crippen LogP contribution in [0.1, 0.15) is 13.3 Å². The van der Waals surface area contributed by atoms with Gasteiger partial charge in [0.15, 0.2) is 0 Å². The molecule has 0 heterocycles. The number of benzene rings is 1. The summed E-state index contributed by atoms with van der Waals surface area (Å²) >= 11 is 0. The van der Waals surface area contributed by atoms with E-state index in [1.807, 2.05) is 37.3 Å². The maximum atomic E-state index is 8.31. The lowest BCUT2D eigenvalue weighted by molar-refractivity contribution is 0.322. The highest BCUT2D eigenvalue weighted by Crippen LogP contribution is 2.17. The van der Waals surface area contributed by atoms with Gasteiger partial charge in [0.2, 0.25) is 0 Å². The van der Waals surface area contributed by atoms with Gasteiger partial charge in [0.1, 0.15) is 18.1 Å². The fourth-order valence-electron chi connectivity index (χ4n) is 1.01. The highest BCUT2D eigenvalue weighted by molar-refractivity contribution is 5.31. The van der Waals surface area contributed by atoms with Crippen LogP contribution in [0.3, 0.4) is 0 Å². The summed E-state index contributed by atoms with van der Waals surface area (Å²) in [6, 6.07) is 9.40. The van der Waals surface area contributed by atoms with Crippen LogP contribution in [0.5, 0.6) is 11.5 Å². The van der Waals surface area contributed by atoms with Crippen molar-refractivity contribution in [1.82, 2.24) is 0 Å². The molecule has 0 saturated heterocycles. The molecule has 0 unspecified atom stereocenters. The van der Waals surface area contributed by atoms with Crippen molar-refractivity contribution in [2.45, 2.75) is 13.3 Å². The Labute approximate surface area is 83.9 Å². The minimum absolute atomic E-state index is 0.410. The van der Waals surface area contributed by atoms with Gasteiger partial charge in [0.05, 0.1) is 19.1 Å². The standard InChI is InChI=1S/C11H13NO2/c1-2-13-10-4-6-11(7-5-10)14-9-3-8-12/h4-7H,2-3,9H2,1H3. The Bertz CT molecular complexity index is 300. The maximum absolute atomic E-state index is 8.31. The summed E-state index contributed by atoms with van der Waals surface area (Å²) in [7, 11) is 0. The lowest BCUT2D eigenvalue weighted by Gasteiger charge is -2.05. The van der Waals surface area contributed by atoms with Gasteiger partial charge in [-0.2, -0.15) is 5.26 Å². The van der Waals surface area contributed by atoms with E-state index in [1.165, 1.54) is 0 Å². The molecule has 3 nitrogen and oxygen atoms in total. The minimum atomic E-state index is 0.410. The van der Waals surface area contributed by atoms with Crippen LogP contribution in [-0.2, 0) is 0 Å². The smallest absolute Gasteiger partial charge is 0.119 e. The Morgan fingerprint density at radius 2 is 1.71 bits per heavy atom. The first-order valence-electron chi connectivity index (χ1n) is 4.59. The number of hydrogen-bond acceptors (Lipinski definition) is 3. The molecular formula is C11H13NO2. The quantitative estimate of drug-likeness (QED) is 0.671. The van der Waals surface area contributed by atoms with Gasteiger partial charge in [-0.3, -0.25) is 0 Å². The number of nitriles is 1. The summed E-state index contributed by atoms with van der Waals surface area (Å²) in [6.07, 6.45) is 0.410. The molecule has 1 aromatic carbocycles. The molecule has 0 aliphatic carbocycles. The third-order valence-corrected chi connectivity index (χ3v) is 1.62. The topological polar surface area (TPSA) is 42.2 Å². The molecule has 14 heavy (non-hydrogen) atoms.